The van der Waals surface area contributed by atoms with Crippen molar-refractivity contribution in [1.82, 2.24) is 14.8 Å². The number of carbonyl (C=O) groups excluding carboxylic acids is 2. The Bertz CT molecular complexity index is 1200. The van der Waals surface area contributed by atoms with E-state index in [-0.39, 0.29) is 18.4 Å². The van der Waals surface area contributed by atoms with Gasteiger partial charge in [0, 0.05) is 35.1 Å². The summed E-state index contributed by atoms with van der Waals surface area (Å²) in [5, 5.41) is 1.12. The molecule has 33 heavy (non-hydrogen) atoms. The number of rotatable bonds is 6. The van der Waals surface area contributed by atoms with E-state index in [0.717, 1.165) is 39.9 Å². The van der Waals surface area contributed by atoms with Crippen LogP contribution in [0.15, 0.2) is 48.5 Å². The highest BCUT2D eigenvalue weighted by molar-refractivity contribution is 5.97. The molecule has 2 aromatic carbocycles. The van der Waals surface area contributed by atoms with Gasteiger partial charge in [-0.25, -0.2) is 0 Å². The van der Waals surface area contributed by atoms with Crippen molar-refractivity contribution in [2.24, 2.45) is 5.92 Å². The summed E-state index contributed by atoms with van der Waals surface area (Å²) in [4.78, 5) is 34.4. The number of aromatic amines is 1. The van der Waals surface area contributed by atoms with Gasteiger partial charge in [0.25, 0.3) is 0 Å². The van der Waals surface area contributed by atoms with E-state index in [4.69, 9.17) is 4.74 Å². The summed E-state index contributed by atoms with van der Waals surface area (Å²) in [7, 11) is 0. The molecule has 0 spiro atoms. The summed E-state index contributed by atoms with van der Waals surface area (Å²) in [5.41, 5.74) is 4.04. The second kappa shape index (κ2) is 8.58. The van der Waals surface area contributed by atoms with Crippen LogP contribution in [0.1, 0.15) is 50.1 Å². The molecule has 2 aliphatic rings. The number of benzene rings is 2. The normalized spacial score (nSPS) is 20.4. The third-order valence-electron chi connectivity index (χ3n) is 6.83. The van der Waals surface area contributed by atoms with Crippen molar-refractivity contribution >= 4 is 22.7 Å². The van der Waals surface area contributed by atoms with E-state index >= 15 is 0 Å². The standard InChI is InChI=1S/C27H31N3O3/c1-4-33-23-12-8-6-10-19(23)26-25-20(18-9-5-7-11-21(18)28-25)15-22-27(32)29(14-13-17(2)3)16-24(31)30(22)26/h5-12,17,22,26,28H,4,13-16H2,1-3H3. The Labute approximate surface area is 194 Å². The molecule has 2 aliphatic heterocycles. The van der Waals surface area contributed by atoms with Crippen molar-refractivity contribution in [2.45, 2.75) is 45.7 Å². The average Bonchev–Trinajstić information content (AvgIpc) is 3.18. The highest BCUT2D eigenvalue weighted by Gasteiger charge is 2.48. The van der Waals surface area contributed by atoms with Gasteiger partial charge in [0.1, 0.15) is 17.8 Å². The minimum Gasteiger partial charge on any atom is -0.494 e. The van der Waals surface area contributed by atoms with Crippen LogP contribution in [0, 0.1) is 5.92 Å². The second-order valence-corrected chi connectivity index (χ2v) is 9.40. The number of para-hydroxylation sites is 2. The van der Waals surface area contributed by atoms with E-state index in [1.54, 1.807) is 4.90 Å². The number of carbonyl (C=O) groups is 2. The molecule has 1 aromatic heterocycles. The molecular weight excluding hydrogens is 414 g/mol. The molecular formula is C27H31N3O3. The van der Waals surface area contributed by atoms with Crippen LogP contribution < -0.4 is 4.74 Å². The number of aromatic nitrogens is 1. The Morgan fingerprint density at radius 2 is 1.85 bits per heavy atom. The van der Waals surface area contributed by atoms with Gasteiger partial charge in [0.2, 0.25) is 11.8 Å². The van der Waals surface area contributed by atoms with Gasteiger partial charge in [-0.15, -0.1) is 0 Å². The van der Waals surface area contributed by atoms with E-state index in [1.807, 2.05) is 48.2 Å². The van der Waals surface area contributed by atoms with Crippen molar-refractivity contribution in [3.05, 3.63) is 65.4 Å². The molecule has 6 heteroatoms. The summed E-state index contributed by atoms with van der Waals surface area (Å²) in [6.45, 7) is 7.52. The van der Waals surface area contributed by atoms with Gasteiger partial charge in [0.05, 0.1) is 13.2 Å². The second-order valence-electron chi connectivity index (χ2n) is 9.40. The maximum absolute atomic E-state index is 13.7. The lowest BCUT2D eigenvalue weighted by atomic mass is 9.85. The van der Waals surface area contributed by atoms with Gasteiger partial charge in [-0.3, -0.25) is 9.59 Å². The van der Waals surface area contributed by atoms with Gasteiger partial charge in [-0.1, -0.05) is 50.2 Å². The number of nitrogens with zero attached hydrogens (tertiary/aromatic N) is 2. The third kappa shape index (κ3) is 3.67. The zero-order valence-corrected chi connectivity index (χ0v) is 19.5. The van der Waals surface area contributed by atoms with E-state index in [9.17, 15) is 9.59 Å². The fourth-order valence-electron chi connectivity index (χ4n) is 5.24. The number of H-pyrrole nitrogens is 1. The Kier molecular flexibility index (Phi) is 5.60. The van der Waals surface area contributed by atoms with Crippen molar-refractivity contribution in [2.75, 3.05) is 19.7 Å². The Hall–Kier alpha value is -3.28. The first-order valence-electron chi connectivity index (χ1n) is 11.9. The molecule has 1 fully saturated rings. The lowest BCUT2D eigenvalue weighted by Crippen LogP contribution is -2.63. The predicted molar refractivity (Wildman–Crippen MR) is 128 cm³/mol. The van der Waals surface area contributed by atoms with Crippen LogP contribution in [0.25, 0.3) is 10.9 Å². The molecule has 0 saturated carbocycles. The number of amides is 2. The minimum atomic E-state index is -0.509. The molecule has 2 atom stereocenters. The summed E-state index contributed by atoms with van der Waals surface area (Å²) < 4.78 is 5.96. The molecule has 172 valence electrons. The fourth-order valence-corrected chi connectivity index (χ4v) is 5.24. The van der Waals surface area contributed by atoms with Crippen LogP contribution in [0.5, 0.6) is 5.75 Å². The molecule has 3 heterocycles. The van der Waals surface area contributed by atoms with Crippen LogP contribution >= 0.6 is 0 Å². The topological polar surface area (TPSA) is 65.6 Å². The smallest absolute Gasteiger partial charge is 0.246 e. The quantitative estimate of drug-likeness (QED) is 0.615. The van der Waals surface area contributed by atoms with E-state index < -0.39 is 12.1 Å². The molecule has 3 aromatic rings. The third-order valence-corrected chi connectivity index (χ3v) is 6.83. The van der Waals surface area contributed by atoms with Crippen molar-refractivity contribution in [3.8, 4) is 5.75 Å². The zero-order chi connectivity index (χ0) is 23.1. The average molecular weight is 446 g/mol. The fraction of sp³-hybridized carbons (Fsp3) is 0.407. The van der Waals surface area contributed by atoms with Crippen LogP contribution in [0.2, 0.25) is 0 Å². The van der Waals surface area contributed by atoms with Crippen LogP contribution in [-0.4, -0.2) is 52.3 Å². The molecule has 0 bridgehead atoms. The Balaban J connectivity index is 1.65. The number of ether oxygens (including phenoxy) is 1. The maximum atomic E-state index is 13.7. The minimum absolute atomic E-state index is 0.0102. The molecule has 5 rings (SSSR count). The van der Waals surface area contributed by atoms with Crippen molar-refractivity contribution in [3.63, 3.8) is 0 Å². The lowest BCUT2D eigenvalue weighted by Gasteiger charge is -2.47. The van der Waals surface area contributed by atoms with E-state index in [2.05, 4.69) is 31.0 Å². The number of hydrogen-bond donors (Lipinski definition) is 1. The first-order valence-corrected chi connectivity index (χ1v) is 11.9. The van der Waals surface area contributed by atoms with Gasteiger partial charge >= 0.3 is 0 Å². The van der Waals surface area contributed by atoms with Gasteiger partial charge < -0.3 is 19.5 Å². The molecule has 0 aliphatic carbocycles. The van der Waals surface area contributed by atoms with Crippen LogP contribution in [-0.2, 0) is 16.0 Å². The lowest BCUT2D eigenvalue weighted by molar-refractivity contribution is -0.158. The van der Waals surface area contributed by atoms with E-state index in [0.29, 0.717) is 25.5 Å². The molecule has 2 unspecified atom stereocenters. The molecule has 1 N–H and O–H groups in total. The predicted octanol–water partition coefficient (Wildman–Crippen LogP) is 4.30. The van der Waals surface area contributed by atoms with Crippen molar-refractivity contribution in [1.29, 1.82) is 0 Å². The molecule has 0 radical (unpaired) electrons. The monoisotopic (exact) mass is 445 g/mol. The number of fused-ring (bicyclic) bond motifs is 4. The van der Waals surface area contributed by atoms with E-state index in [1.165, 1.54) is 0 Å². The largest absolute Gasteiger partial charge is 0.494 e. The summed E-state index contributed by atoms with van der Waals surface area (Å²) in [5.74, 6) is 1.26. The Morgan fingerprint density at radius 3 is 2.64 bits per heavy atom. The maximum Gasteiger partial charge on any atom is 0.246 e. The number of hydrogen-bond acceptors (Lipinski definition) is 3. The first kappa shape index (κ1) is 21.6. The van der Waals surface area contributed by atoms with Gasteiger partial charge in [-0.2, -0.15) is 0 Å². The Morgan fingerprint density at radius 1 is 1.09 bits per heavy atom. The number of nitrogens with one attached hydrogen (secondary N) is 1. The molecule has 6 nitrogen and oxygen atoms in total. The summed E-state index contributed by atoms with van der Waals surface area (Å²) in [6, 6.07) is 15.1. The molecule has 2 amide bonds. The van der Waals surface area contributed by atoms with Crippen LogP contribution in [0.3, 0.4) is 0 Å². The van der Waals surface area contributed by atoms with Gasteiger partial charge in [-0.05, 0) is 37.0 Å². The summed E-state index contributed by atoms with van der Waals surface area (Å²) >= 11 is 0. The first-order chi connectivity index (χ1) is 16.0. The highest BCUT2D eigenvalue weighted by atomic mass is 16.5. The van der Waals surface area contributed by atoms with Crippen LogP contribution in [0.4, 0.5) is 0 Å². The van der Waals surface area contributed by atoms with Gasteiger partial charge in [0.15, 0.2) is 0 Å². The highest BCUT2D eigenvalue weighted by Crippen LogP contribution is 2.44. The molecule has 1 saturated heterocycles. The zero-order valence-electron chi connectivity index (χ0n) is 19.5. The SMILES string of the molecule is CCOc1ccccc1C1c2[nH]c3ccccc3c2CC2C(=O)N(CCC(C)C)CC(=O)N21. The summed E-state index contributed by atoms with van der Waals surface area (Å²) in [6.07, 6.45) is 1.41. The number of piperazine rings is 1. The van der Waals surface area contributed by atoms with Crippen molar-refractivity contribution < 1.29 is 14.3 Å².